The fourth-order valence-electron chi connectivity index (χ4n) is 4.45. The van der Waals surface area contributed by atoms with Crippen LogP contribution in [0.3, 0.4) is 0 Å². The fourth-order valence-corrected chi connectivity index (χ4v) is 4.45. The Hall–Kier alpha value is -5.01. The summed E-state index contributed by atoms with van der Waals surface area (Å²) in [6.07, 6.45) is 2.39. The quantitative estimate of drug-likeness (QED) is 0.0884. The largest absolute Gasteiger partial charge is 0.494 e. The van der Waals surface area contributed by atoms with Gasteiger partial charge in [0, 0.05) is 23.5 Å². The number of imidazole rings is 1. The van der Waals surface area contributed by atoms with Crippen LogP contribution in [0.2, 0.25) is 0 Å². The van der Waals surface area contributed by atoms with Crippen LogP contribution in [0.15, 0.2) is 61.2 Å². The van der Waals surface area contributed by atoms with Gasteiger partial charge in [-0.1, -0.05) is 26.3 Å². The van der Waals surface area contributed by atoms with Crippen LogP contribution < -0.4 is 4.74 Å². The minimum atomic E-state index is -4.71. The van der Waals surface area contributed by atoms with Crippen LogP contribution in [-0.4, -0.2) is 48.9 Å². The van der Waals surface area contributed by atoms with Gasteiger partial charge in [-0.2, -0.15) is 18.3 Å². The summed E-state index contributed by atoms with van der Waals surface area (Å²) < 4.78 is 82.1. The molecule has 1 unspecified atom stereocenters. The van der Waals surface area contributed by atoms with Crippen molar-refractivity contribution < 1.29 is 36.2 Å². The maximum Gasteiger partial charge on any atom is 0.417 e. The second-order valence-corrected chi connectivity index (χ2v) is 9.99. The van der Waals surface area contributed by atoms with Crippen LogP contribution in [0.5, 0.6) is 5.75 Å². The van der Waals surface area contributed by atoms with Crippen molar-refractivity contribution >= 4 is 5.97 Å². The third-order valence-electron chi connectivity index (χ3n) is 6.70. The van der Waals surface area contributed by atoms with E-state index in [0.29, 0.717) is 12.8 Å². The summed E-state index contributed by atoms with van der Waals surface area (Å²) in [7, 11) is 0. The number of nitrogens with zero attached hydrogens (tertiary/aromatic N) is 6. The molecular weight excluding hydrogens is 599 g/mol. The highest BCUT2D eigenvalue weighted by Crippen LogP contribution is 2.38. The zero-order valence-corrected chi connectivity index (χ0v) is 24.2. The fraction of sp³-hybridized carbons (Fsp3) is 0.290. The van der Waals surface area contributed by atoms with Gasteiger partial charge in [0.15, 0.2) is 29.3 Å². The summed E-state index contributed by atoms with van der Waals surface area (Å²) >= 11 is 0. The van der Waals surface area contributed by atoms with E-state index in [1.54, 1.807) is 0 Å². The number of hydrogen-bond donors (Lipinski definition) is 0. The maximum atomic E-state index is 14.4. The molecule has 2 aromatic carbocycles. The first-order valence-corrected chi connectivity index (χ1v) is 14.1. The number of alkyl halides is 3. The molecular formula is C31H27F5N6O3. The molecule has 0 saturated carbocycles. The molecule has 0 saturated heterocycles. The molecule has 0 amide bonds. The Balaban J connectivity index is 1.52. The van der Waals surface area contributed by atoms with Crippen molar-refractivity contribution in [2.75, 3.05) is 13.2 Å². The predicted octanol–water partition coefficient (Wildman–Crippen LogP) is 6.92. The first-order valence-electron chi connectivity index (χ1n) is 14.1. The van der Waals surface area contributed by atoms with Crippen molar-refractivity contribution in [3.8, 4) is 39.9 Å². The highest BCUT2D eigenvalue weighted by Gasteiger charge is 2.35. The minimum Gasteiger partial charge on any atom is -0.494 e. The molecule has 0 fully saturated rings. The van der Waals surface area contributed by atoms with Crippen LogP contribution in [-0.2, 0) is 15.7 Å². The Morgan fingerprint density at radius 3 is 2.38 bits per heavy atom. The minimum absolute atomic E-state index is 0.0659. The molecule has 0 spiro atoms. The molecule has 234 valence electrons. The summed E-state index contributed by atoms with van der Waals surface area (Å²) in [6.45, 7) is 4.14. The van der Waals surface area contributed by atoms with Crippen molar-refractivity contribution in [2.24, 2.45) is 0 Å². The van der Waals surface area contributed by atoms with Crippen LogP contribution in [0, 0.1) is 11.6 Å². The van der Waals surface area contributed by atoms with Crippen LogP contribution in [0.25, 0.3) is 34.2 Å². The molecule has 0 radical (unpaired) electrons. The topological polar surface area (TPSA) is 105 Å². The monoisotopic (exact) mass is 626 g/mol. The van der Waals surface area contributed by atoms with Gasteiger partial charge in [-0.3, -0.25) is 4.68 Å². The molecule has 45 heavy (non-hydrogen) atoms. The van der Waals surface area contributed by atoms with Gasteiger partial charge >= 0.3 is 12.1 Å². The third-order valence-corrected chi connectivity index (χ3v) is 6.70. The van der Waals surface area contributed by atoms with E-state index in [1.807, 2.05) is 13.8 Å². The smallest absolute Gasteiger partial charge is 0.417 e. The van der Waals surface area contributed by atoms with E-state index < -0.39 is 35.4 Å². The van der Waals surface area contributed by atoms with E-state index >= 15 is 0 Å². The number of hydrogen-bond acceptors (Lipinski definition) is 8. The molecule has 2 aliphatic rings. The van der Waals surface area contributed by atoms with Gasteiger partial charge in [0.25, 0.3) is 0 Å². The number of halogens is 5. The number of unbranched alkanes of at least 4 members (excludes halogenated alkanes) is 1. The molecule has 9 nitrogen and oxygen atoms in total. The molecule has 2 aliphatic heterocycles. The number of carbonyl (C=O) groups excluding carboxylic acids is 1. The number of ether oxygens (including phenoxy) is 2. The molecule has 0 aliphatic carbocycles. The standard InChI is InChI=1S/C31H27F5N6O3/c1-3-5-12-45-30(43)27(42-17-25-24(16-39-42)40-29(41-25)21-7-6-8-23(32)26(21)33)18-14-37-28(38-15-18)20-10-9-19(44-11-4-2)13-22(20)31(34,35)36/h6-10,13-17,27H,3-5,11-12H2,1-2H3. The van der Waals surface area contributed by atoms with E-state index in [1.165, 1.54) is 53.7 Å². The first kappa shape index (κ1) is 31.4. The van der Waals surface area contributed by atoms with Gasteiger partial charge in [-0.05, 0) is 43.2 Å². The third kappa shape index (κ3) is 6.89. The average molecular weight is 627 g/mol. The van der Waals surface area contributed by atoms with Gasteiger partial charge in [0.2, 0.25) is 0 Å². The van der Waals surface area contributed by atoms with Gasteiger partial charge in [-0.15, -0.1) is 0 Å². The molecule has 1 aromatic heterocycles. The predicted molar refractivity (Wildman–Crippen MR) is 152 cm³/mol. The molecule has 3 heterocycles. The normalized spacial score (nSPS) is 12.3. The molecule has 3 aromatic rings. The van der Waals surface area contributed by atoms with E-state index in [2.05, 4.69) is 25.0 Å². The average Bonchev–Trinajstić information content (AvgIpc) is 3.45. The summed E-state index contributed by atoms with van der Waals surface area (Å²) in [5.41, 5.74) is -0.754. The Morgan fingerprint density at radius 1 is 0.911 bits per heavy atom. The number of fused-ring (bicyclic) bond motifs is 1. The van der Waals surface area contributed by atoms with Crippen molar-refractivity contribution in [1.82, 2.24) is 29.7 Å². The Bertz CT molecular complexity index is 1760. The highest BCUT2D eigenvalue weighted by molar-refractivity contribution is 5.78. The molecule has 5 rings (SSSR count). The second-order valence-electron chi connectivity index (χ2n) is 9.99. The number of benzene rings is 2. The van der Waals surface area contributed by atoms with Crippen LogP contribution in [0.1, 0.15) is 50.3 Å². The second kappa shape index (κ2) is 13.3. The lowest BCUT2D eigenvalue weighted by atomic mass is 10.1. The highest BCUT2D eigenvalue weighted by atomic mass is 19.4. The van der Waals surface area contributed by atoms with Crippen molar-refractivity contribution in [2.45, 2.75) is 45.3 Å². The van der Waals surface area contributed by atoms with Crippen molar-refractivity contribution in [1.29, 1.82) is 0 Å². The summed E-state index contributed by atoms with van der Waals surface area (Å²) in [6, 6.07) is 5.92. The Morgan fingerprint density at radius 2 is 1.67 bits per heavy atom. The number of aromatic nitrogens is 6. The molecule has 1 atom stereocenters. The van der Waals surface area contributed by atoms with Gasteiger partial charge in [0.1, 0.15) is 17.1 Å². The number of carbonyl (C=O) groups is 1. The maximum absolute atomic E-state index is 14.4. The van der Waals surface area contributed by atoms with Crippen LogP contribution in [0.4, 0.5) is 22.0 Å². The van der Waals surface area contributed by atoms with E-state index in [-0.39, 0.29) is 58.7 Å². The SMILES string of the molecule is CCCCOC(=O)C(c1cnc(-c2ccc(OCCC)cc2C(F)(F)F)nc1)n1cc2nc(-c3cccc(F)c3F)nc-2cn1. The summed E-state index contributed by atoms with van der Waals surface area (Å²) in [5.74, 6) is -3.13. The van der Waals surface area contributed by atoms with E-state index in [4.69, 9.17) is 9.47 Å². The zero-order chi connectivity index (χ0) is 32.1. The molecule has 0 bridgehead atoms. The first-order chi connectivity index (χ1) is 21.6. The van der Waals surface area contributed by atoms with E-state index in [9.17, 15) is 26.7 Å². The lowest BCUT2D eigenvalue weighted by Crippen LogP contribution is -2.26. The van der Waals surface area contributed by atoms with E-state index in [0.717, 1.165) is 18.6 Å². The van der Waals surface area contributed by atoms with Gasteiger partial charge in [-0.25, -0.2) is 33.5 Å². The Kier molecular flexibility index (Phi) is 9.30. The zero-order valence-electron chi connectivity index (χ0n) is 24.2. The van der Waals surface area contributed by atoms with Crippen molar-refractivity contribution in [3.05, 3.63) is 83.9 Å². The lowest BCUT2D eigenvalue weighted by molar-refractivity contribution is -0.146. The van der Waals surface area contributed by atoms with Crippen LogP contribution >= 0.6 is 0 Å². The summed E-state index contributed by atoms with van der Waals surface area (Å²) in [4.78, 5) is 30.1. The molecule has 14 heteroatoms. The summed E-state index contributed by atoms with van der Waals surface area (Å²) in [5, 5.41) is 4.27. The number of rotatable bonds is 11. The van der Waals surface area contributed by atoms with Gasteiger partial charge < -0.3 is 9.47 Å². The lowest BCUT2D eigenvalue weighted by Gasteiger charge is -2.19. The van der Waals surface area contributed by atoms with Crippen molar-refractivity contribution in [3.63, 3.8) is 0 Å². The molecule has 0 N–H and O–H groups in total. The Labute approximate surface area is 254 Å². The van der Waals surface area contributed by atoms with Gasteiger partial charge in [0.05, 0.1) is 36.7 Å². The number of esters is 1.